The number of benzene rings is 1. The van der Waals surface area contributed by atoms with Gasteiger partial charge in [-0.25, -0.2) is 0 Å². The maximum atomic E-state index is 12.0. The fourth-order valence-corrected chi connectivity index (χ4v) is 1.84. The van der Waals surface area contributed by atoms with Crippen LogP contribution in [0.3, 0.4) is 0 Å². The van der Waals surface area contributed by atoms with Gasteiger partial charge >= 0.3 is 0 Å². The second kappa shape index (κ2) is 6.79. The second-order valence-corrected chi connectivity index (χ2v) is 4.39. The minimum Gasteiger partial charge on any atom is -0.387 e. The zero-order valence-corrected chi connectivity index (χ0v) is 11.2. The molecule has 5 nitrogen and oxygen atoms in total. The van der Waals surface area contributed by atoms with Gasteiger partial charge in [0.15, 0.2) is 0 Å². The zero-order chi connectivity index (χ0) is 14.4. The van der Waals surface area contributed by atoms with Gasteiger partial charge in [0.05, 0.1) is 6.10 Å². The normalized spacial score (nSPS) is 11.9. The molecule has 1 amide bonds. The van der Waals surface area contributed by atoms with Crippen LogP contribution in [0.15, 0.2) is 48.8 Å². The molecule has 0 bridgehead atoms. The summed E-state index contributed by atoms with van der Waals surface area (Å²) in [5, 5.41) is 15.6. The number of aromatic nitrogens is 1. The number of nitrogens with one attached hydrogen (secondary N) is 2. The predicted octanol–water partition coefficient (Wildman–Crippen LogP) is 1.59. The van der Waals surface area contributed by atoms with E-state index in [0.717, 1.165) is 5.56 Å². The molecule has 1 heterocycles. The van der Waals surface area contributed by atoms with E-state index >= 15 is 0 Å². The predicted molar refractivity (Wildman–Crippen MR) is 77.5 cm³/mol. The largest absolute Gasteiger partial charge is 0.387 e. The molecule has 0 saturated heterocycles. The number of pyridine rings is 1. The summed E-state index contributed by atoms with van der Waals surface area (Å²) in [6.45, 7) is 0.460. The summed E-state index contributed by atoms with van der Waals surface area (Å²) in [5.41, 5.74) is 1.95. The highest BCUT2D eigenvalue weighted by Crippen LogP contribution is 2.17. The first-order valence-corrected chi connectivity index (χ1v) is 6.34. The lowest BCUT2D eigenvalue weighted by Crippen LogP contribution is -2.17. The number of rotatable bonds is 5. The standard InChI is InChI=1S/C15H17N3O2/c1-16-10-14(19)12-3-2-4-13(9-12)18-15(20)11-5-7-17-8-6-11/h2-9,14,16,19H,10H2,1H3,(H,18,20). The van der Waals surface area contributed by atoms with E-state index in [9.17, 15) is 9.90 Å². The summed E-state index contributed by atoms with van der Waals surface area (Å²) >= 11 is 0. The van der Waals surface area contributed by atoms with Gasteiger partial charge in [-0.05, 0) is 36.9 Å². The van der Waals surface area contributed by atoms with Crippen LogP contribution in [-0.2, 0) is 0 Å². The molecule has 0 radical (unpaired) electrons. The van der Waals surface area contributed by atoms with Crippen LogP contribution in [0, 0.1) is 0 Å². The van der Waals surface area contributed by atoms with Crippen molar-refractivity contribution in [3.8, 4) is 0 Å². The third-order valence-electron chi connectivity index (χ3n) is 2.87. The number of nitrogens with zero attached hydrogens (tertiary/aromatic N) is 1. The summed E-state index contributed by atoms with van der Waals surface area (Å²) in [6.07, 6.45) is 2.54. The molecule has 2 rings (SSSR count). The summed E-state index contributed by atoms with van der Waals surface area (Å²) in [5.74, 6) is -0.201. The van der Waals surface area contributed by atoms with Crippen molar-refractivity contribution in [1.29, 1.82) is 0 Å². The number of hydrogen-bond acceptors (Lipinski definition) is 4. The molecule has 1 aromatic carbocycles. The Morgan fingerprint density at radius 2 is 2.05 bits per heavy atom. The first-order valence-electron chi connectivity index (χ1n) is 6.34. The van der Waals surface area contributed by atoms with Gasteiger partial charge < -0.3 is 15.7 Å². The fourth-order valence-electron chi connectivity index (χ4n) is 1.84. The van der Waals surface area contributed by atoms with E-state index in [0.29, 0.717) is 17.8 Å². The van der Waals surface area contributed by atoms with Gasteiger partial charge in [0, 0.05) is 30.2 Å². The maximum absolute atomic E-state index is 12.0. The molecule has 3 N–H and O–H groups in total. The molecule has 1 unspecified atom stereocenters. The van der Waals surface area contributed by atoms with Crippen molar-refractivity contribution in [2.45, 2.75) is 6.10 Å². The van der Waals surface area contributed by atoms with Crippen LogP contribution in [0.1, 0.15) is 22.0 Å². The van der Waals surface area contributed by atoms with Crippen LogP contribution in [-0.4, -0.2) is 29.6 Å². The minimum absolute atomic E-state index is 0.201. The van der Waals surface area contributed by atoms with E-state index in [1.807, 2.05) is 6.07 Å². The SMILES string of the molecule is CNCC(O)c1cccc(NC(=O)c2ccncc2)c1. The van der Waals surface area contributed by atoms with Crippen molar-refractivity contribution in [3.63, 3.8) is 0 Å². The fraction of sp³-hybridized carbons (Fsp3) is 0.200. The molecular weight excluding hydrogens is 254 g/mol. The van der Waals surface area contributed by atoms with E-state index in [1.165, 1.54) is 0 Å². The highest BCUT2D eigenvalue weighted by Gasteiger charge is 2.09. The Balaban J connectivity index is 2.10. The Morgan fingerprint density at radius 1 is 1.30 bits per heavy atom. The Kier molecular flexibility index (Phi) is 4.81. The second-order valence-electron chi connectivity index (χ2n) is 4.39. The lowest BCUT2D eigenvalue weighted by Gasteiger charge is -2.12. The first kappa shape index (κ1) is 14.2. The topological polar surface area (TPSA) is 74.2 Å². The molecule has 5 heteroatoms. The molecule has 0 saturated carbocycles. The van der Waals surface area contributed by atoms with Crippen molar-refractivity contribution in [2.24, 2.45) is 0 Å². The average molecular weight is 271 g/mol. The smallest absolute Gasteiger partial charge is 0.255 e. The van der Waals surface area contributed by atoms with Crippen molar-refractivity contribution in [3.05, 3.63) is 59.9 Å². The number of aliphatic hydroxyl groups is 1. The first-order chi connectivity index (χ1) is 9.70. The summed E-state index contributed by atoms with van der Waals surface area (Å²) in [6, 6.07) is 10.5. The van der Waals surface area contributed by atoms with Gasteiger partial charge in [0.1, 0.15) is 0 Å². The molecule has 0 aliphatic rings. The van der Waals surface area contributed by atoms with E-state index in [2.05, 4.69) is 15.6 Å². The van der Waals surface area contributed by atoms with Crippen LogP contribution in [0.2, 0.25) is 0 Å². The van der Waals surface area contributed by atoms with Gasteiger partial charge in [-0.15, -0.1) is 0 Å². The average Bonchev–Trinajstić information content (AvgIpc) is 2.48. The number of anilines is 1. The van der Waals surface area contributed by atoms with Gasteiger partial charge in [-0.2, -0.15) is 0 Å². The molecule has 1 atom stereocenters. The Morgan fingerprint density at radius 3 is 2.75 bits per heavy atom. The Labute approximate surface area is 117 Å². The lowest BCUT2D eigenvalue weighted by molar-refractivity contribution is 0.102. The molecule has 20 heavy (non-hydrogen) atoms. The minimum atomic E-state index is -0.599. The number of likely N-dealkylation sites (N-methyl/N-ethyl adjacent to an activating group) is 1. The molecule has 0 aliphatic heterocycles. The van der Waals surface area contributed by atoms with Gasteiger partial charge in [-0.1, -0.05) is 12.1 Å². The zero-order valence-electron chi connectivity index (χ0n) is 11.2. The van der Waals surface area contributed by atoms with Crippen molar-refractivity contribution < 1.29 is 9.90 Å². The number of aliphatic hydroxyl groups excluding tert-OH is 1. The van der Waals surface area contributed by atoms with Crippen LogP contribution >= 0.6 is 0 Å². The number of carbonyl (C=O) groups is 1. The third-order valence-corrected chi connectivity index (χ3v) is 2.87. The van der Waals surface area contributed by atoms with Crippen LogP contribution in [0.5, 0.6) is 0 Å². The molecule has 2 aromatic rings. The van der Waals surface area contributed by atoms with E-state index < -0.39 is 6.10 Å². The molecule has 1 aromatic heterocycles. The van der Waals surface area contributed by atoms with E-state index in [-0.39, 0.29) is 5.91 Å². The molecule has 0 spiro atoms. The monoisotopic (exact) mass is 271 g/mol. The van der Waals surface area contributed by atoms with E-state index in [1.54, 1.807) is 49.8 Å². The summed E-state index contributed by atoms with van der Waals surface area (Å²) < 4.78 is 0. The van der Waals surface area contributed by atoms with E-state index in [4.69, 9.17) is 0 Å². The van der Waals surface area contributed by atoms with Crippen molar-refractivity contribution in [1.82, 2.24) is 10.3 Å². The number of carbonyl (C=O) groups excluding carboxylic acids is 1. The van der Waals surface area contributed by atoms with Gasteiger partial charge in [0.2, 0.25) is 0 Å². The molecule has 0 aliphatic carbocycles. The highest BCUT2D eigenvalue weighted by atomic mass is 16.3. The van der Waals surface area contributed by atoms with Crippen LogP contribution in [0.25, 0.3) is 0 Å². The Bertz CT molecular complexity index is 572. The quantitative estimate of drug-likeness (QED) is 0.772. The number of hydrogen-bond donors (Lipinski definition) is 3. The third kappa shape index (κ3) is 3.63. The van der Waals surface area contributed by atoms with Gasteiger partial charge in [-0.3, -0.25) is 9.78 Å². The Hall–Kier alpha value is -2.24. The molecular formula is C15H17N3O2. The maximum Gasteiger partial charge on any atom is 0.255 e. The highest BCUT2D eigenvalue weighted by molar-refractivity contribution is 6.04. The van der Waals surface area contributed by atoms with Crippen molar-refractivity contribution in [2.75, 3.05) is 18.9 Å². The molecule has 104 valence electrons. The summed E-state index contributed by atoms with van der Waals surface area (Å²) in [4.78, 5) is 15.9. The molecule has 0 fully saturated rings. The van der Waals surface area contributed by atoms with Crippen LogP contribution in [0.4, 0.5) is 5.69 Å². The van der Waals surface area contributed by atoms with Gasteiger partial charge in [0.25, 0.3) is 5.91 Å². The summed E-state index contributed by atoms with van der Waals surface area (Å²) in [7, 11) is 1.78. The van der Waals surface area contributed by atoms with Crippen LogP contribution < -0.4 is 10.6 Å². The number of amides is 1. The van der Waals surface area contributed by atoms with Crippen molar-refractivity contribution >= 4 is 11.6 Å². The lowest BCUT2D eigenvalue weighted by atomic mass is 10.1.